The molecule has 0 aliphatic rings. The van der Waals surface area contributed by atoms with Gasteiger partial charge in [0.2, 0.25) is 0 Å². The Labute approximate surface area is 406 Å². The first-order valence-corrected chi connectivity index (χ1v) is 26.4. The number of hydrogen-bond acceptors (Lipinski definition) is 8. The van der Waals surface area contributed by atoms with E-state index in [4.69, 9.17) is 29.4 Å². The largest absolute Gasteiger partial charge is 0.480 e. The summed E-state index contributed by atoms with van der Waals surface area (Å²) in [5.41, 5.74) is 5.37. The summed E-state index contributed by atoms with van der Waals surface area (Å²) in [5.74, 6) is -1.86. The molecule has 0 aromatic carbocycles. The number of hydrogen-bond donors (Lipinski definition) is 3. The summed E-state index contributed by atoms with van der Waals surface area (Å²) in [7, 11) is -4.66. The molecule has 0 aromatic rings. The smallest absolute Gasteiger partial charge is 0.472 e. The quantitative estimate of drug-likeness (QED) is 0.0233. The number of carboxylic acid groups (broad SMARTS) is 1. The lowest BCUT2D eigenvalue weighted by Crippen LogP contribution is -2.34. The van der Waals surface area contributed by atoms with Crippen molar-refractivity contribution < 1.29 is 42.7 Å². The maximum Gasteiger partial charge on any atom is 0.472 e. The molecule has 0 saturated heterocycles. The van der Waals surface area contributed by atoms with Crippen molar-refractivity contribution >= 4 is 19.8 Å². The molecule has 0 radical (unpaired) electrons. The van der Waals surface area contributed by atoms with Crippen molar-refractivity contribution in [2.75, 3.05) is 26.4 Å². The first kappa shape index (κ1) is 62.8. The molecule has 10 nitrogen and oxygen atoms in total. The number of carbonyl (C=O) groups is 2. The highest BCUT2D eigenvalue weighted by atomic mass is 31.2. The van der Waals surface area contributed by atoms with Gasteiger partial charge in [-0.05, 0) is 109 Å². The van der Waals surface area contributed by atoms with Gasteiger partial charge in [0.15, 0.2) is 0 Å². The van der Waals surface area contributed by atoms with Crippen molar-refractivity contribution in [3.05, 3.63) is 146 Å². The van der Waals surface area contributed by atoms with Gasteiger partial charge in [0.1, 0.15) is 12.1 Å². The van der Waals surface area contributed by atoms with Crippen molar-refractivity contribution in [3.8, 4) is 0 Å². The predicted molar refractivity (Wildman–Crippen MR) is 281 cm³/mol. The van der Waals surface area contributed by atoms with E-state index < -0.39 is 45.1 Å². The molecule has 0 saturated carbocycles. The van der Waals surface area contributed by atoms with Crippen LogP contribution in [0.2, 0.25) is 0 Å². The summed E-state index contributed by atoms with van der Waals surface area (Å²) in [6.07, 6.45) is 71.9. The molecular formula is C56H88NO9P. The van der Waals surface area contributed by atoms with Gasteiger partial charge in [-0.25, -0.2) is 4.57 Å². The van der Waals surface area contributed by atoms with Crippen LogP contribution >= 0.6 is 7.82 Å². The van der Waals surface area contributed by atoms with Crippen LogP contribution in [-0.4, -0.2) is 60.5 Å². The number of esters is 1. The maximum absolute atomic E-state index is 12.7. The van der Waals surface area contributed by atoms with E-state index in [-0.39, 0.29) is 13.0 Å². The third-order valence-corrected chi connectivity index (χ3v) is 10.6. The van der Waals surface area contributed by atoms with E-state index in [9.17, 15) is 19.0 Å². The summed E-state index contributed by atoms with van der Waals surface area (Å²) in [6.45, 7) is 3.51. The highest BCUT2D eigenvalue weighted by Gasteiger charge is 2.27. The molecule has 0 spiro atoms. The third-order valence-electron chi connectivity index (χ3n) is 9.61. The minimum atomic E-state index is -4.66. The fraction of sp³-hybridized carbons (Fsp3) is 0.536. The average molecular weight is 950 g/mol. The van der Waals surface area contributed by atoms with Crippen LogP contribution < -0.4 is 5.73 Å². The molecule has 11 heteroatoms. The number of aliphatic carboxylic acids is 1. The van der Waals surface area contributed by atoms with E-state index >= 15 is 0 Å². The van der Waals surface area contributed by atoms with Crippen LogP contribution in [0.4, 0.5) is 0 Å². The second-order valence-electron chi connectivity index (χ2n) is 15.8. The Bertz CT molecular complexity index is 1610. The lowest BCUT2D eigenvalue weighted by Gasteiger charge is -2.20. The first-order valence-electron chi connectivity index (χ1n) is 24.9. The minimum absolute atomic E-state index is 0.0283. The predicted octanol–water partition coefficient (Wildman–Crippen LogP) is 14.8. The molecular weight excluding hydrogens is 862 g/mol. The van der Waals surface area contributed by atoms with Crippen molar-refractivity contribution in [2.45, 2.75) is 167 Å². The Balaban J connectivity index is 4.36. The van der Waals surface area contributed by atoms with Gasteiger partial charge in [-0.15, -0.1) is 0 Å². The third kappa shape index (κ3) is 49.6. The fourth-order valence-electron chi connectivity index (χ4n) is 5.85. The molecule has 0 rings (SSSR count). The molecule has 0 fully saturated rings. The molecule has 0 amide bonds. The second-order valence-corrected chi connectivity index (χ2v) is 17.3. The molecule has 67 heavy (non-hydrogen) atoms. The number of carboxylic acids is 1. The van der Waals surface area contributed by atoms with E-state index in [1.54, 1.807) is 0 Å². The van der Waals surface area contributed by atoms with Gasteiger partial charge in [-0.2, -0.15) is 0 Å². The van der Waals surface area contributed by atoms with Crippen molar-refractivity contribution in [1.29, 1.82) is 0 Å². The molecule has 3 unspecified atom stereocenters. The zero-order chi connectivity index (χ0) is 49.0. The van der Waals surface area contributed by atoms with Gasteiger partial charge in [0.25, 0.3) is 0 Å². The SMILES string of the molecule is CC/C=C\C/C=C\C/C=C\C/C=C\C/C=C\C/C=C\C/C=C\CCCC(=O)OC(COCCCCCCCC/C=C\C/C=C\C/C=C\C/C=C\C/C=C\CC)COP(=O)(O)OCC(N)C(=O)O. The van der Waals surface area contributed by atoms with E-state index in [2.05, 4.69) is 154 Å². The van der Waals surface area contributed by atoms with Crippen LogP contribution in [0, 0.1) is 0 Å². The number of unbranched alkanes of at least 4 members (excludes halogenated alkanes) is 7. The molecule has 0 aliphatic carbocycles. The highest BCUT2D eigenvalue weighted by molar-refractivity contribution is 7.47. The van der Waals surface area contributed by atoms with Crippen LogP contribution in [0.25, 0.3) is 0 Å². The Morgan fingerprint density at radius 3 is 1.22 bits per heavy atom. The van der Waals surface area contributed by atoms with Gasteiger partial charge >= 0.3 is 19.8 Å². The summed E-state index contributed by atoms with van der Waals surface area (Å²) in [4.78, 5) is 33.7. The number of ether oxygens (including phenoxy) is 2. The van der Waals surface area contributed by atoms with Gasteiger partial charge in [0, 0.05) is 13.0 Å². The molecule has 0 aromatic heterocycles. The van der Waals surface area contributed by atoms with Gasteiger partial charge in [0.05, 0.1) is 19.8 Å². The molecule has 0 aliphatic heterocycles. The van der Waals surface area contributed by atoms with Crippen LogP contribution in [0.1, 0.15) is 155 Å². The number of carbonyl (C=O) groups excluding carboxylic acids is 1. The van der Waals surface area contributed by atoms with Crippen molar-refractivity contribution in [1.82, 2.24) is 0 Å². The maximum atomic E-state index is 12.7. The van der Waals surface area contributed by atoms with Gasteiger partial charge in [-0.3, -0.25) is 18.6 Å². The number of phosphoric ester groups is 1. The zero-order valence-electron chi connectivity index (χ0n) is 41.2. The van der Waals surface area contributed by atoms with Crippen molar-refractivity contribution in [2.24, 2.45) is 5.73 Å². The minimum Gasteiger partial charge on any atom is -0.480 e. The van der Waals surface area contributed by atoms with Crippen LogP contribution in [0.5, 0.6) is 0 Å². The molecule has 3 atom stereocenters. The normalized spacial score (nSPS) is 14.9. The number of nitrogens with two attached hydrogens (primary N) is 1. The second kappa shape index (κ2) is 49.7. The molecule has 0 heterocycles. The molecule has 0 bridgehead atoms. The Morgan fingerprint density at radius 2 is 0.821 bits per heavy atom. The topological polar surface area (TPSA) is 155 Å². The van der Waals surface area contributed by atoms with E-state index in [0.717, 1.165) is 116 Å². The number of phosphoric acid groups is 1. The summed E-state index contributed by atoms with van der Waals surface area (Å²) >= 11 is 0. The molecule has 376 valence electrons. The van der Waals surface area contributed by atoms with E-state index in [1.807, 2.05) is 6.08 Å². The first-order chi connectivity index (χ1) is 32.7. The fourth-order valence-corrected chi connectivity index (χ4v) is 6.63. The summed E-state index contributed by atoms with van der Waals surface area (Å²) in [6, 6.07) is -1.50. The average Bonchev–Trinajstić information content (AvgIpc) is 3.31. The Kier molecular flexibility index (Phi) is 46.7. The highest BCUT2D eigenvalue weighted by Crippen LogP contribution is 2.43. The number of allylic oxidation sites excluding steroid dienone is 24. The lowest BCUT2D eigenvalue weighted by molar-refractivity contribution is -0.154. The number of rotatable bonds is 45. The van der Waals surface area contributed by atoms with Crippen LogP contribution in [-0.2, 0) is 32.7 Å². The van der Waals surface area contributed by atoms with Gasteiger partial charge in [-0.1, -0.05) is 185 Å². The van der Waals surface area contributed by atoms with Crippen LogP contribution in [0.3, 0.4) is 0 Å². The van der Waals surface area contributed by atoms with Gasteiger partial charge < -0.3 is 25.2 Å². The zero-order valence-corrected chi connectivity index (χ0v) is 42.1. The summed E-state index contributed by atoms with van der Waals surface area (Å²) in [5, 5.41) is 8.93. The van der Waals surface area contributed by atoms with Crippen molar-refractivity contribution in [3.63, 3.8) is 0 Å². The van der Waals surface area contributed by atoms with E-state index in [0.29, 0.717) is 19.4 Å². The van der Waals surface area contributed by atoms with E-state index in [1.165, 1.54) is 6.42 Å². The lowest BCUT2D eigenvalue weighted by atomic mass is 10.1. The summed E-state index contributed by atoms with van der Waals surface area (Å²) < 4.78 is 33.4. The standard InChI is InChI=1S/C56H88NO9P/c1-3-5-7-9-11-13-15-17-19-21-23-25-27-28-30-32-34-36-38-40-42-44-46-48-55(58)66-53(51-64-67(61,62)65-52-54(57)56(59)60)50-63-49-47-45-43-41-39-37-35-33-31-29-26-24-22-20-18-16-14-12-10-8-6-4-2/h5-8,11-14,17-20,23-26,28,30-31,33-34,36,40,42,53-54H,3-4,9-10,15-16,21-22,27,29,32,35,37-39,41,43-52,57H2,1-2H3,(H,59,60)(H,61,62)/b7-5-,8-6-,13-11-,14-12-,19-17-,20-18-,25-23-,26-24-,30-28-,33-31-,36-34-,42-40-. The Hall–Kier alpha value is -4.15. The van der Waals surface area contributed by atoms with Crippen LogP contribution in [0.15, 0.2) is 146 Å². The monoisotopic (exact) mass is 950 g/mol. The molecule has 4 N–H and O–H groups in total. The Morgan fingerprint density at radius 1 is 0.478 bits per heavy atom.